The molecule has 1 fully saturated rings. The van der Waals surface area contributed by atoms with Gasteiger partial charge in [-0.25, -0.2) is 4.68 Å². The monoisotopic (exact) mass is 327 g/mol. The molecule has 0 unspecified atom stereocenters. The quantitative estimate of drug-likeness (QED) is 0.803. The lowest BCUT2D eigenvalue weighted by molar-refractivity contribution is 0.233. The highest BCUT2D eigenvalue weighted by Crippen LogP contribution is 2.21. The molecule has 1 aliphatic heterocycles. The van der Waals surface area contributed by atoms with E-state index in [-0.39, 0.29) is 0 Å². The van der Waals surface area contributed by atoms with Gasteiger partial charge in [0.1, 0.15) is 11.0 Å². The fourth-order valence-corrected chi connectivity index (χ4v) is 3.10. The predicted molar refractivity (Wildman–Crippen MR) is 92.0 cm³/mol. The summed E-state index contributed by atoms with van der Waals surface area (Å²) in [6.45, 7) is 5.36. The minimum absolute atomic E-state index is 0.629. The van der Waals surface area contributed by atoms with Gasteiger partial charge in [-0.2, -0.15) is 5.10 Å². The first-order valence-corrected chi connectivity index (χ1v) is 8.20. The van der Waals surface area contributed by atoms with E-state index in [0.717, 1.165) is 49.4 Å². The highest BCUT2D eigenvalue weighted by atomic mass is 35.5. The predicted octanol–water partition coefficient (Wildman–Crippen LogP) is 2.48. The Labute approximate surface area is 139 Å². The smallest absolute Gasteiger partial charge is 0.130 e. The summed E-state index contributed by atoms with van der Waals surface area (Å²) in [5, 5.41) is 8.54. The lowest BCUT2D eigenvalue weighted by Crippen LogP contribution is -2.42. The van der Waals surface area contributed by atoms with Gasteiger partial charge < -0.3 is 5.32 Å². The van der Waals surface area contributed by atoms with Crippen LogP contribution >= 0.6 is 11.6 Å². The van der Waals surface area contributed by atoms with Crippen LogP contribution in [0.2, 0.25) is 5.02 Å². The normalized spacial score (nSPS) is 16.0. The summed E-state index contributed by atoms with van der Waals surface area (Å²) in [6.07, 6.45) is 3.61. The number of aromatic nitrogens is 3. The van der Waals surface area contributed by atoms with E-state index in [1.165, 1.54) is 5.56 Å². The fourth-order valence-electron chi connectivity index (χ4n) is 2.91. The molecule has 2 aromatic heterocycles. The molecule has 1 saturated heterocycles. The Hall–Kier alpha value is -1.95. The molecule has 6 heteroatoms. The Balaban J connectivity index is 1.55. The third kappa shape index (κ3) is 3.08. The number of pyridine rings is 1. The highest BCUT2D eigenvalue weighted by Gasteiger charge is 2.10. The lowest BCUT2D eigenvalue weighted by Gasteiger charge is -2.27. The van der Waals surface area contributed by atoms with E-state index in [0.29, 0.717) is 5.02 Å². The van der Waals surface area contributed by atoms with Crippen LogP contribution in [0.1, 0.15) is 5.56 Å². The van der Waals surface area contributed by atoms with Crippen molar-refractivity contribution in [2.24, 2.45) is 0 Å². The van der Waals surface area contributed by atoms with Crippen LogP contribution in [0, 0.1) is 0 Å². The summed E-state index contributed by atoms with van der Waals surface area (Å²) in [5.74, 6) is 0. The topological polar surface area (TPSA) is 46.0 Å². The van der Waals surface area contributed by atoms with Crippen LogP contribution in [0.3, 0.4) is 0 Å². The van der Waals surface area contributed by atoms with Crippen molar-refractivity contribution in [3.8, 4) is 5.69 Å². The van der Waals surface area contributed by atoms with Gasteiger partial charge in [0.05, 0.1) is 16.9 Å². The standard InChI is InChI=1S/C17H18ClN5/c18-15-5-6-20-16-12-23(21-17(15)16)14-3-1-13(2-4-14)11-22-9-7-19-8-10-22/h1-6,12,19H,7-11H2. The number of hydrogen-bond donors (Lipinski definition) is 1. The minimum Gasteiger partial charge on any atom is -0.314 e. The van der Waals surface area contributed by atoms with Gasteiger partial charge in [0, 0.05) is 38.9 Å². The summed E-state index contributed by atoms with van der Waals surface area (Å²) in [5.41, 5.74) is 3.88. The average molecular weight is 328 g/mol. The summed E-state index contributed by atoms with van der Waals surface area (Å²) < 4.78 is 1.83. The van der Waals surface area contributed by atoms with Crippen LogP contribution in [-0.4, -0.2) is 45.8 Å². The summed E-state index contributed by atoms with van der Waals surface area (Å²) in [6, 6.07) is 10.3. The van der Waals surface area contributed by atoms with E-state index in [9.17, 15) is 0 Å². The maximum absolute atomic E-state index is 6.17. The molecule has 0 saturated carbocycles. The van der Waals surface area contributed by atoms with Crippen molar-refractivity contribution < 1.29 is 0 Å². The van der Waals surface area contributed by atoms with Crippen LogP contribution in [0.5, 0.6) is 0 Å². The van der Waals surface area contributed by atoms with Crippen LogP contribution in [0.4, 0.5) is 0 Å². The van der Waals surface area contributed by atoms with Crippen molar-refractivity contribution in [1.29, 1.82) is 0 Å². The zero-order valence-electron chi connectivity index (χ0n) is 12.7. The zero-order chi connectivity index (χ0) is 15.6. The first-order valence-electron chi connectivity index (χ1n) is 7.82. The Morgan fingerprint density at radius 1 is 1.09 bits per heavy atom. The molecular formula is C17H18ClN5. The summed E-state index contributed by atoms with van der Waals surface area (Å²) >= 11 is 6.17. The second-order valence-corrected chi connectivity index (χ2v) is 6.20. The Kier molecular flexibility index (Phi) is 3.99. The van der Waals surface area contributed by atoms with Crippen molar-refractivity contribution in [2.45, 2.75) is 6.54 Å². The number of piperazine rings is 1. The highest BCUT2D eigenvalue weighted by molar-refractivity contribution is 6.34. The molecule has 0 bridgehead atoms. The molecule has 1 aliphatic rings. The fraction of sp³-hybridized carbons (Fsp3) is 0.294. The summed E-state index contributed by atoms with van der Waals surface area (Å²) in [4.78, 5) is 6.77. The van der Waals surface area contributed by atoms with E-state index in [1.807, 2.05) is 10.9 Å². The molecule has 1 aromatic carbocycles. The van der Waals surface area contributed by atoms with Crippen LogP contribution < -0.4 is 5.32 Å². The molecule has 0 amide bonds. The molecule has 3 aromatic rings. The zero-order valence-corrected chi connectivity index (χ0v) is 13.5. The van der Waals surface area contributed by atoms with E-state index in [2.05, 4.69) is 44.6 Å². The van der Waals surface area contributed by atoms with E-state index in [4.69, 9.17) is 11.6 Å². The maximum atomic E-state index is 6.17. The van der Waals surface area contributed by atoms with Gasteiger partial charge in [-0.3, -0.25) is 9.88 Å². The third-order valence-electron chi connectivity index (χ3n) is 4.17. The van der Waals surface area contributed by atoms with Gasteiger partial charge in [0.2, 0.25) is 0 Å². The number of nitrogens with zero attached hydrogens (tertiary/aromatic N) is 4. The number of hydrogen-bond acceptors (Lipinski definition) is 4. The second kappa shape index (κ2) is 6.28. The number of rotatable bonds is 3. The SMILES string of the molecule is Clc1ccnc2cn(-c3ccc(CN4CCNCC4)cc3)nc12. The Morgan fingerprint density at radius 2 is 1.87 bits per heavy atom. The van der Waals surface area contributed by atoms with Gasteiger partial charge >= 0.3 is 0 Å². The maximum Gasteiger partial charge on any atom is 0.130 e. The molecule has 1 N–H and O–H groups in total. The van der Waals surface area contributed by atoms with Crippen molar-refractivity contribution in [3.05, 3.63) is 53.3 Å². The second-order valence-electron chi connectivity index (χ2n) is 5.79. The molecule has 23 heavy (non-hydrogen) atoms. The van der Waals surface area contributed by atoms with Crippen molar-refractivity contribution >= 4 is 22.6 Å². The van der Waals surface area contributed by atoms with Crippen LogP contribution in [0.15, 0.2) is 42.7 Å². The first kappa shape index (κ1) is 14.6. The van der Waals surface area contributed by atoms with Crippen molar-refractivity contribution in [1.82, 2.24) is 25.0 Å². The molecule has 0 radical (unpaired) electrons. The van der Waals surface area contributed by atoms with E-state index >= 15 is 0 Å². The molecule has 0 aliphatic carbocycles. The van der Waals surface area contributed by atoms with Gasteiger partial charge in [-0.05, 0) is 23.8 Å². The number of nitrogens with one attached hydrogen (secondary N) is 1. The molecule has 3 heterocycles. The van der Waals surface area contributed by atoms with Crippen LogP contribution in [0.25, 0.3) is 16.7 Å². The van der Waals surface area contributed by atoms with Crippen LogP contribution in [-0.2, 0) is 6.54 Å². The molecule has 0 spiro atoms. The average Bonchev–Trinajstić information content (AvgIpc) is 3.02. The van der Waals surface area contributed by atoms with Gasteiger partial charge in [-0.1, -0.05) is 23.7 Å². The number of fused-ring (bicyclic) bond motifs is 1. The van der Waals surface area contributed by atoms with E-state index in [1.54, 1.807) is 12.3 Å². The summed E-state index contributed by atoms with van der Waals surface area (Å²) in [7, 11) is 0. The molecule has 118 valence electrons. The Morgan fingerprint density at radius 3 is 2.61 bits per heavy atom. The van der Waals surface area contributed by atoms with Gasteiger partial charge in [0.15, 0.2) is 0 Å². The molecular weight excluding hydrogens is 310 g/mol. The van der Waals surface area contributed by atoms with Gasteiger partial charge in [0.25, 0.3) is 0 Å². The minimum atomic E-state index is 0.629. The molecule has 4 rings (SSSR count). The Bertz CT molecular complexity index is 805. The number of benzene rings is 1. The first-order chi connectivity index (χ1) is 11.3. The van der Waals surface area contributed by atoms with Gasteiger partial charge in [-0.15, -0.1) is 0 Å². The van der Waals surface area contributed by atoms with Crippen molar-refractivity contribution in [2.75, 3.05) is 26.2 Å². The lowest BCUT2D eigenvalue weighted by atomic mass is 10.2. The molecule has 5 nitrogen and oxygen atoms in total. The number of halogens is 1. The van der Waals surface area contributed by atoms with Crippen molar-refractivity contribution in [3.63, 3.8) is 0 Å². The largest absolute Gasteiger partial charge is 0.314 e. The molecule has 0 atom stereocenters. The van der Waals surface area contributed by atoms with E-state index < -0.39 is 0 Å². The third-order valence-corrected chi connectivity index (χ3v) is 4.48.